The van der Waals surface area contributed by atoms with Crippen LogP contribution in [0.4, 0.5) is 11.4 Å². The van der Waals surface area contributed by atoms with Gasteiger partial charge in [-0.1, -0.05) is 84.6 Å². The van der Waals surface area contributed by atoms with Gasteiger partial charge in [0, 0.05) is 17.8 Å². The van der Waals surface area contributed by atoms with E-state index in [0.717, 1.165) is 28.5 Å². The molecule has 1 N–H and O–H groups in total. The lowest BCUT2D eigenvalue weighted by molar-refractivity contribution is -0.122. The van der Waals surface area contributed by atoms with Gasteiger partial charge < -0.3 is 5.32 Å². The summed E-state index contributed by atoms with van der Waals surface area (Å²) in [5, 5.41) is 2.92. The fourth-order valence-corrected chi connectivity index (χ4v) is 5.87. The lowest BCUT2D eigenvalue weighted by Crippen LogP contribution is -2.36. The summed E-state index contributed by atoms with van der Waals surface area (Å²) >= 11 is 6.67. The van der Waals surface area contributed by atoms with Crippen LogP contribution in [0.3, 0.4) is 0 Å². The third-order valence-electron chi connectivity index (χ3n) is 6.44. The van der Waals surface area contributed by atoms with Gasteiger partial charge >= 0.3 is 0 Å². The number of benzene rings is 3. The molecule has 0 bridgehead atoms. The Hall–Kier alpha value is -3.75. The summed E-state index contributed by atoms with van der Waals surface area (Å²) in [5.41, 5.74) is 5.32. The number of nitrogens with one attached hydrogen (secondary N) is 1. The molecule has 0 atom stereocenters. The highest BCUT2D eigenvalue weighted by molar-refractivity contribution is 8.26. The van der Waals surface area contributed by atoms with Crippen LogP contribution in [0.25, 0.3) is 5.57 Å². The summed E-state index contributed by atoms with van der Waals surface area (Å²) in [6, 6.07) is 22.9. The highest BCUT2D eigenvalue weighted by Gasteiger charge is 2.42. The van der Waals surface area contributed by atoms with Crippen LogP contribution in [0.15, 0.2) is 77.7 Å². The number of thiocarbonyl (C=S) groups is 1. The van der Waals surface area contributed by atoms with E-state index in [0.29, 0.717) is 44.7 Å². The first-order valence-corrected chi connectivity index (χ1v) is 13.2. The molecule has 0 aromatic heterocycles. The number of aryl methyl sites for hydroxylation is 2. The molecule has 0 unspecified atom stereocenters. The van der Waals surface area contributed by atoms with E-state index >= 15 is 0 Å². The second-order valence-corrected chi connectivity index (χ2v) is 10.7. The van der Waals surface area contributed by atoms with Gasteiger partial charge in [-0.25, -0.2) is 0 Å². The maximum absolute atomic E-state index is 13.7. The largest absolute Gasteiger partial charge is 0.324 e. The second-order valence-electron chi connectivity index (χ2n) is 9.04. The summed E-state index contributed by atoms with van der Waals surface area (Å²) in [6.45, 7) is 4.14. The molecule has 3 amide bonds. The van der Waals surface area contributed by atoms with Gasteiger partial charge in [0.2, 0.25) is 5.91 Å². The molecular weight excluding hydrogens is 502 g/mol. The van der Waals surface area contributed by atoms with Crippen molar-refractivity contribution in [1.29, 1.82) is 0 Å². The van der Waals surface area contributed by atoms with Gasteiger partial charge in [0.15, 0.2) is 0 Å². The number of anilines is 2. The van der Waals surface area contributed by atoms with Crippen LogP contribution in [0, 0.1) is 13.8 Å². The zero-order chi connectivity index (χ0) is 26.1. The number of para-hydroxylation sites is 1. The van der Waals surface area contributed by atoms with E-state index in [1.165, 1.54) is 4.90 Å². The van der Waals surface area contributed by atoms with E-state index in [-0.39, 0.29) is 24.3 Å². The van der Waals surface area contributed by atoms with Crippen molar-refractivity contribution in [1.82, 2.24) is 4.90 Å². The molecule has 186 valence electrons. The Bertz CT molecular complexity index is 1470. The Labute approximate surface area is 225 Å². The maximum atomic E-state index is 13.7. The number of thioether (sulfide) groups is 1. The number of carbonyl (C=O) groups is 3. The van der Waals surface area contributed by atoms with E-state index < -0.39 is 0 Å². The Balaban J connectivity index is 1.40. The normalized spacial score (nSPS) is 17.0. The van der Waals surface area contributed by atoms with Crippen LogP contribution in [0.2, 0.25) is 0 Å². The maximum Gasteiger partial charge on any atom is 0.267 e. The first kappa shape index (κ1) is 24.9. The second kappa shape index (κ2) is 10.3. The first-order valence-electron chi connectivity index (χ1n) is 11.9. The van der Waals surface area contributed by atoms with Crippen molar-refractivity contribution < 1.29 is 14.4 Å². The molecule has 0 aliphatic carbocycles. The van der Waals surface area contributed by atoms with Gasteiger partial charge in [0.25, 0.3) is 11.8 Å². The predicted molar refractivity (Wildman–Crippen MR) is 152 cm³/mol. The molecule has 0 radical (unpaired) electrons. The van der Waals surface area contributed by atoms with Crippen molar-refractivity contribution in [2.75, 3.05) is 23.3 Å². The van der Waals surface area contributed by atoms with Crippen molar-refractivity contribution >= 4 is 63.0 Å². The molecule has 2 heterocycles. The van der Waals surface area contributed by atoms with Crippen molar-refractivity contribution in [2.24, 2.45) is 0 Å². The van der Waals surface area contributed by atoms with Crippen LogP contribution in [-0.4, -0.2) is 40.0 Å². The first-order chi connectivity index (χ1) is 17.8. The zero-order valence-corrected chi connectivity index (χ0v) is 22.1. The summed E-state index contributed by atoms with van der Waals surface area (Å²) < 4.78 is 0.430. The summed E-state index contributed by atoms with van der Waals surface area (Å²) in [7, 11) is 0. The van der Waals surface area contributed by atoms with Crippen LogP contribution in [0.1, 0.15) is 22.3 Å². The lowest BCUT2D eigenvalue weighted by atomic mass is 10.1. The van der Waals surface area contributed by atoms with Crippen molar-refractivity contribution in [3.05, 3.63) is 100.0 Å². The van der Waals surface area contributed by atoms with Gasteiger partial charge in [-0.2, -0.15) is 0 Å². The Morgan fingerprint density at radius 2 is 1.65 bits per heavy atom. The van der Waals surface area contributed by atoms with E-state index in [9.17, 15) is 14.4 Å². The fraction of sp³-hybridized carbons (Fsp3) is 0.172. The zero-order valence-electron chi connectivity index (χ0n) is 20.5. The monoisotopic (exact) mass is 527 g/mol. The van der Waals surface area contributed by atoms with Crippen LogP contribution in [-0.2, 0) is 20.8 Å². The lowest BCUT2D eigenvalue weighted by Gasteiger charge is -2.17. The third-order valence-corrected chi connectivity index (χ3v) is 7.88. The van der Waals surface area contributed by atoms with E-state index in [1.807, 2.05) is 80.6 Å². The number of hydrogen-bond acceptors (Lipinski definition) is 5. The molecule has 1 saturated heterocycles. The van der Waals surface area contributed by atoms with Gasteiger partial charge in [0.1, 0.15) is 10.9 Å². The van der Waals surface area contributed by atoms with Crippen LogP contribution >= 0.6 is 24.0 Å². The predicted octanol–water partition coefficient (Wildman–Crippen LogP) is 5.10. The molecule has 8 heteroatoms. The molecule has 1 fully saturated rings. The SMILES string of the molecule is Cc1ccc(C)c(NC(=O)CN2C(=O)C(=C3SC(=S)N(CCc4ccccc4)C3=O)c3ccccc32)c1. The molecule has 6 nitrogen and oxygen atoms in total. The molecule has 2 aliphatic heterocycles. The average Bonchev–Trinajstić information content (AvgIpc) is 3.32. The average molecular weight is 528 g/mol. The van der Waals surface area contributed by atoms with E-state index in [4.69, 9.17) is 12.2 Å². The van der Waals surface area contributed by atoms with Crippen LogP contribution < -0.4 is 10.2 Å². The summed E-state index contributed by atoms with van der Waals surface area (Å²) in [4.78, 5) is 43.4. The molecule has 0 spiro atoms. The minimum Gasteiger partial charge on any atom is -0.324 e. The highest BCUT2D eigenvalue weighted by Crippen LogP contribution is 2.44. The topological polar surface area (TPSA) is 69.7 Å². The van der Waals surface area contributed by atoms with Gasteiger partial charge in [-0.15, -0.1) is 0 Å². The number of amides is 3. The van der Waals surface area contributed by atoms with Gasteiger partial charge in [-0.3, -0.25) is 24.2 Å². The number of carbonyl (C=O) groups excluding carboxylic acids is 3. The molecule has 2 aliphatic rings. The number of rotatable bonds is 6. The minimum absolute atomic E-state index is 0.166. The Morgan fingerprint density at radius 1 is 0.919 bits per heavy atom. The molecule has 3 aromatic carbocycles. The van der Waals surface area contributed by atoms with Crippen molar-refractivity contribution in [3.8, 4) is 0 Å². The van der Waals surface area contributed by atoms with Gasteiger partial charge in [-0.05, 0) is 49.1 Å². The molecule has 0 saturated carbocycles. The molecular formula is C29H25N3O3S2. The standard InChI is InChI=1S/C29H25N3O3S2/c1-18-12-13-19(2)22(16-18)30-24(33)17-32-23-11-7-6-10-21(23)25(27(32)34)26-28(35)31(29(36)37-26)15-14-20-8-4-3-5-9-20/h3-13,16H,14-15,17H2,1-2H3,(H,30,33). The molecule has 3 aromatic rings. The third kappa shape index (κ3) is 4.95. The minimum atomic E-state index is -0.374. The van der Waals surface area contributed by atoms with Crippen molar-refractivity contribution in [3.63, 3.8) is 0 Å². The summed E-state index contributed by atoms with van der Waals surface area (Å²) in [6.07, 6.45) is 0.658. The molecule has 37 heavy (non-hydrogen) atoms. The number of nitrogens with zero attached hydrogens (tertiary/aromatic N) is 2. The summed E-state index contributed by atoms with van der Waals surface area (Å²) in [5.74, 6) is -0.958. The van der Waals surface area contributed by atoms with Crippen LogP contribution in [0.5, 0.6) is 0 Å². The van der Waals surface area contributed by atoms with Crippen molar-refractivity contribution in [2.45, 2.75) is 20.3 Å². The quantitative estimate of drug-likeness (QED) is 0.357. The van der Waals surface area contributed by atoms with Gasteiger partial charge in [0.05, 0.1) is 16.2 Å². The Kier molecular flexibility index (Phi) is 6.95. The number of fused-ring (bicyclic) bond motifs is 1. The smallest absolute Gasteiger partial charge is 0.267 e. The highest BCUT2D eigenvalue weighted by atomic mass is 32.2. The fourth-order valence-electron chi connectivity index (χ4n) is 4.49. The Morgan fingerprint density at radius 3 is 2.43 bits per heavy atom. The van der Waals surface area contributed by atoms with E-state index in [1.54, 1.807) is 11.0 Å². The number of hydrogen-bond donors (Lipinski definition) is 1. The molecule has 5 rings (SSSR count). The van der Waals surface area contributed by atoms with E-state index in [2.05, 4.69) is 5.32 Å².